The highest BCUT2D eigenvalue weighted by Gasteiger charge is 2.37. The number of hydrogen-bond acceptors (Lipinski definition) is 8. The standard InChI is InChI=1S/C23H25ClFN5O5/c1-12-9-29(2)21(26-12)20-27-16(10-30-6-7-35-11-17(30)22(31)32)18(23(33)34-3)19(28-20)14-5-4-13(25)8-15(14)24/h4-5,8-9,17,19H,6-7,10-11H2,1-3H3,(H,27,28)(H,31,32)/t17-,19-/m0/s1. The van der Waals surface area contributed by atoms with Crippen LogP contribution >= 0.6 is 11.6 Å². The summed E-state index contributed by atoms with van der Waals surface area (Å²) in [6.07, 6.45) is 1.82. The van der Waals surface area contributed by atoms with E-state index in [1.165, 1.54) is 19.2 Å². The van der Waals surface area contributed by atoms with E-state index in [2.05, 4.69) is 10.3 Å². The highest BCUT2D eigenvalue weighted by molar-refractivity contribution is 6.31. The fraction of sp³-hybridized carbons (Fsp3) is 0.391. The zero-order valence-electron chi connectivity index (χ0n) is 19.4. The van der Waals surface area contributed by atoms with Gasteiger partial charge >= 0.3 is 11.9 Å². The molecule has 3 heterocycles. The Labute approximate surface area is 206 Å². The molecule has 1 saturated heterocycles. The number of carbonyl (C=O) groups excluding carboxylic acids is 1. The van der Waals surface area contributed by atoms with Crippen LogP contribution in [0.1, 0.15) is 23.1 Å². The number of amidine groups is 1. The Balaban J connectivity index is 1.86. The average molecular weight is 506 g/mol. The number of ether oxygens (including phenoxy) is 2. The normalized spacial score (nSPS) is 20.9. The summed E-state index contributed by atoms with van der Waals surface area (Å²) in [7, 11) is 3.05. The number of hydrogen-bond donors (Lipinski definition) is 2. The van der Waals surface area contributed by atoms with E-state index in [1.807, 2.05) is 13.1 Å². The maximum absolute atomic E-state index is 13.8. The second kappa shape index (κ2) is 10.1. The molecule has 2 atom stereocenters. The van der Waals surface area contributed by atoms with Crippen molar-refractivity contribution < 1.29 is 28.6 Å². The van der Waals surface area contributed by atoms with Gasteiger partial charge in [-0.15, -0.1) is 0 Å². The van der Waals surface area contributed by atoms with E-state index in [-0.39, 0.29) is 23.7 Å². The Morgan fingerprint density at radius 2 is 2.17 bits per heavy atom. The maximum Gasteiger partial charge on any atom is 0.338 e. The molecule has 0 spiro atoms. The van der Waals surface area contributed by atoms with Crippen LogP contribution in [0.4, 0.5) is 4.39 Å². The number of halogens is 2. The van der Waals surface area contributed by atoms with Gasteiger partial charge in [-0.2, -0.15) is 0 Å². The molecule has 0 amide bonds. The van der Waals surface area contributed by atoms with E-state index in [9.17, 15) is 19.1 Å². The van der Waals surface area contributed by atoms with E-state index >= 15 is 0 Å². The number of morpholine rings is 1. The summed E-state index contributed by atoms with van der Waals surface area (Å²) >= 11 is 6.38. The number of methoxy groups -OCH3 is 1. The number of nitrogens with one attached hydrogen (secondary N) is 1. The molecule has 10 nitrogen and oxygen atoms in total. The third-order valence-corrected chi connectivity index (χ3v) is 6.21. The van der Waals surface area contributed by atoms with Gasteiger partial charge in [0, 0.05) is 42.6 Å². The summed E-state index contributed by atoms with van der Waals surface area (Å²) in [6.45, 7) is 2.61. The van der Waals surface area contributed by atoms with Crippen molar-refractivity contribution >= 4 is 29.4 Å². The van der Waals surface area contributed by atoms with Gasteiger partial charge in [0.15, 0.2) is 11.7 Å². The van der Waals surface area contributed by atoms with Crippen molar-refractivity contribution in [2.75, 3.05) is 33.4 Å². The van der Waals surface area contributed by atoms with Crippen LogP contribution in [0.15, 0.2) is 40.7 Å². The molecule has 186 valence electrons. The number of carboxylic acids is 1. The summed E-state index contributed by atoms with van der Waals surface area (Å²) in [5, 5.41) is 13.0. The molecule has 1 fully saturated rings. The summed E-state index contributed by atoms with van der Waals surface area (Å²) in [6, 6.07) is 2.01. The largest absolute Gasteiger partial charge is 0.480 e. The Kier molecular flexibility index (Phi) is 7.20. The molecular weight excluding hydrogens is 481 g/mol. The van der Waals surface area contributed by atoms with Crippen molar-refractivity contribution in [2.45, 2.75) is 19.0 Å². The van der Waals surface area contributed by atoms with Crippen molar-refractivity contribution in [3.63, 3.8) is 0 Å². The van der Waals surface area contributed by atoms with Crippen LogP contribution < -0.4 is 5.32 Å². The lowest BCUT2D eigenvalue weighted by Gasteiger charge is -2.35. The Hall–Kier alpha value is -3.28. The Morgan fingerprint density at radius 1 is 1.40 bits per heavy atom. The SMILES string of the molecule is COC(=O)C1=C(CN2CCOC[C@H]2C(=O)O)NC(c2nc(C)cn2C)=N[C@H]1c1ccc(F)cc1Cl. The summed E-state index contributed by atoms with van der Waals surface area (Å²) < 4.78 is 26.0. The molecule has 0 bridgehead atoms. The van der Waals surface area contributed by atoms with Gasteiger partial charge in [0.1, 0.15) is 17.9 Å². The van der Waals surface area contributed by atoms with Crippen LogP contribution in [-0.4, -0.2) is 76.8 Å². The first-order chi connectivity index (χ1) is 16.7. The Bertz CT molecular complexity index is 1230. The van der Waals surface area contributed by atoms with E-state index in [1.54, 1.807) is 16.5 Å². The van der Waals surface area contributed by atoms with Crippen LogP contribution in [0.3, 0.4) is 0 Å². The van der Waals surface area contributed by atoms with Crippen molar-refractivity contribution in [2.24, 2.45) is 12.0 Å². The first-order valence-corrected chi connectivity index (χ1v) is 11.2. The summed E-state index contributed by atoms with van der Waals surface area (Å²) in [4.78, 5) is 35.8. The van der Waals surface area contributed by atoms with Gasteiger partial charge in [0.25, 0.3) is 0 Å². The van der Waals surface area contributed by atoms with Gasteiger partial charge in [-0.05, 0) is 19.1 Å². The number of carbonyl (C=O) groups is 2. The second-order valence-electron chi connectivity index (χ2n) is 8.27. The van der Waals surface area contributed by atoms with Crippen LogP contribution in [0.5, 0.6) is 0 Å². The zero-order chi connectivity index (χ0) is 25.3. The lowest BCUT2D eigenvalue weighted by molar-refractivity contribution is -0.149. The molecule has 35 heavy (non-hydrogen) atoms. The highest BCUT2D eigenvalue weighted by Crippen LogP contribution is 2.36. The van der Waals surface area contributed by atoms with Gasteiger partial charge in [-0.25, -0.2) is 14.2 Å². The van der Waals surface area contributed by atoms with Gasteiger partial charge < -0.3 is 24.5 Å². The molecule has 2 aliphatic heterocycles. The molecule has 0 radical (unpaired) electrons. The Morgan fingerprint density at radius 3 is 2.80 bits per heavy atom. The molecule has 2 N–H and O–H groups in total. The van der Waals surface area contributed by atoms with E-state index in [0.29, 0.717) is 36.1 Å². The topological polar surface area (TPSA) is 118 Å². The number of esters is 1. The number of benzene rings is 1. The third-order valence-electron chi connectivity index (χ3n) is 5.88. The van der Waals surface area contributed by atoms with Gasteiger partial charge in [-0.3, -0.25) is 14.7 Å². The monoisotopic (exact) mass is 505 g/mol. The number of aromatic nitrogens is 2. The average Bonchev–Trinajstić information content (AvgIpc) is 3.16. The van der Waals surface area contributed by atoms with E-state index in [0.717, 1.165) is 11.8 Å². The summed E-state index contributed by atoms with van der Waals surface area (Å²) in [5.74, 6) is -1.37. The highest BCUT2D eigenvalue weighted by atomic mass is 35.5. The fourth-order valence-electron chi connectivity index (χ4n) is 4.23. The molecule has 4 rings (SSSR count). The smallest absolute Gasteiger partial charge is 0.338 e. The molecular formula is C23H25ClFN5O5. The number of imidazole rings is 1. The lowest BCUT2D eigenvalue weighted by Crippen LogP contribution is -2.52. The number of carboxylic acid groups (broad SMARTS) is 1. The van der Waals surface area contributed by atoms with E-state index < -0.39 is 29.8 Å². The third kappa shape index (κ3) is 5.07. The first-order valence-electron chi connectivity index (χ1n) is 10.9. The molecule has 0 unspecified atom stereocenters. The van der Waals surface area contributed by atoms with Gasteiger partial charge in [-0.1, -0.05) is 17.7 Å². The first kappa shape index (κ1) is 24.8. The quantitative estimate of drug-likeness (QED) is 0.571. The van der Waals surface area contributed by atoms with Crippen LogP contribution in [-0.2, 0) is 26.1 Å². The number of rotatable bonds is 6. The lowest BCUT2D eigenvalue weighted by atomic mass is 9.95. The van der Waals surface area contributed by atoms with Gasteiger partial charge in [0.05, 0.1) is 31.6 Å². The molecule has 2 aliphatic rings. The minimum atomic E-state index is -1.03. The van der Waals surface area contributed by atoms with Crippen molar-refractivity contribution in [3.8, 4) is 0 Å². The predicted molar refractivity (Wildman–Crippen MR) is 125 cm³/mol. The number of aliphatic carboxylic acids is 1. The van der Waals surface area contributed by atoms with E-state index in [4.69, 9.17) is 26.1 Å². The fourth-order valence-corrected chi connectivity index (χ4v) is 4.50. The molecule has 1 aromatic heterocycles. The van der Waals surface area contributed by atoms with Gasteiger partial charge in [0.2, 0.25) is 0 Å². The minimum absolute atomic E-state index is 0.0168. The summed E-state index contributed by atoms with van der Waals surface area (Å²) in [5.41, 5.74) is 1.69. The molecule has 0 aliphatic carbocycles. The maximum atomic E-state index is 13.8. The van der Waals surface area contributed by atoms with Crippen LogP contribution in [0, 0.1) is 12.7 Å². The second-order valence-corrected chi connectivity index (χ2v) is 8.68. The van der Waals surface area contributed by atoms with Crippen LogP contribution in [0.2, 0.25) is 5.02 Å². The number of aryl methyl sites for hydroxylation is 2. The minimum Gasteiger partial charge on any atom is -0.480 e. The molecule has 1 aromatic carbocycles. The molecule has 0 saturated carbocycles. The van der Waals surface area contributed by atoms with Crippen LogP contribution in [0.25, 0.3) is 0 Å². The van der Waals surface area contributed by atoms with Crippen molar-refractivity contribution in [1.29, 1.82) is 0 Å². The zero-order valence-corrected chi connectivity index (χ0v) is 20.2. The number of nitrogens with zero attached hydrogens (tertiary/aromatic N) is 4. The van der Waals surface area contributed by atoms with Crippen molar-refractivity contribution in [1.82, 2.24) is 19.8 Å². The number of aliphatic imine (C=N–C) groups is 1. The van der Waals surface area contributed by atoms with Crippen molar-refractivity contribution in [3.05, 3.63) is 63.6 Å². The molecule has 12 heteroatoms. The predicted octanol–water partition coefficient (Wildman–Crippen LogP) is 1.82. The molecule has 2 aromatic rings.